The number of carbonyl (C=O) groups is 1. The Bertz CT molecular complexity index is 571. The van der Waals surface area contributed by atoms with Crippen molar-refractivity contribution in [2.75, 3.05) is 0 Å². The predicted octanol–water partition coefficient (Wildman–Crippen LogP) is 2.18. The number of hydrogen-bond donors (Lipinski definition) is 1. The van der Waals surface area contributed by atoms with Gasteiger partial charge >= 0.3 is 0 Å². The smallest absolute Gasteiger partial charge is 0.287 e. The second kappa shape index (κ2) is 4.61. The fourth-order valence-corrected chi connectivity index (χ4v) is 1.98. The number of halogens is 1. The van der Waals surface area contributed by atoms with Crippen LogP contribution in [0, 0.1) is 0 Å². The van der Waals surface area contributed by atoms with E-state index in [9.17, 15) is 4.79 Å². The Hall–Kier alpha value is -1.56. The van der Waals surface area contributed by atoms with E-state index in [1.807, 2.05) is 6.20 Å². The zero-order valence-corrected chi connectivity index (χ0v) is 11.2. The quantitative estimate of drug-likeness (QED) is 0.941. The van der Waals surface area contributed by atoms with Crippen molar-refractivity contribution in [1.82, 2.24) is 15.1 Å². The second-order valence-electron chi connectivity index (χ2n) is 4.37. The van der Waals surface area contributed by atoms with E-state index in [0.29, 0.717) is 24.1 Å². The van der Waals surface area contributed by atoms with E-state index in [2.05, 4.69) is 26.3 Å². The Labute approximate surface area is 112 Å². The first-order chi connectivity index (χ1) is 8.70. The highest BCUT2D eigenvalue weighted by Crippen LogP contribution is 2.20. The van der Waals surface area contributed by atoms with E-state index in [-0.39, 0.29) is 5.91 Å². The molecule has 0 bridgehead atoms. The summed E-state index contributed by atoms with van der Waals surface area (Å²) >= 11 is 3.33. The SMILES string of the molecule is O=C(NC1CC1)c1ccc(Cn2cc(Br)cn2)o1. The molecule has 6 heteroatoms. The van der Waals surface area contributed by atoms with Gasteiger partial charge in [-0.15, -0.1) is 0 Å². The van der Waals surface area contributed by atoms with Crippen LogP contribution in [0.15, 0.2) is 33.4 Å². The zero-order chi connectivity index (χ0) is 12.5. The van der Waals surface area contributed by atoms with Crippen molar-refractivity contribution >= 4 is 21.8 Å². The molecule has 0 saturated heterocycles. The van der Waals surface area contributed by atoms with Gasteiger partial charge in [-0.1, -0.05) is 0 Å². The molecule has 1 N–H and O–H groups in total. The van der Waals surface area contributed by atoms with Crippen molar-refractivity contribution in [3.63, 3.8) is 0 Å². The first kappa shape index (κ1) is 11.5. The Morgan fingerprint density at radius 3 is 3.06 bits per heavy atom. The van der Waals surface area contributed by atoms with Gasteiger partial charge in [0.15, 0.2) is 5.76 Å². The zero-order valence-electron chi connectivity index (χ0n) is 9.60. The Morgan fingerprint density at radius 2 is 2.39 bits per heavy atom. The molecule has 5 nitrogen and oxygen atoms in total. The third-order valence-corrected chi connectivity index (χ3v) is 3.13. The second-order valence-corrected chi connectivity index (χ2v) is 5.29. The summed E-state index contributed by atoms with van der Waals surface area (Å²) in [4.78, 5) is 11.7. The summed E-state index contributed by atoms with van der Waals surface area (Å²) in [6, 6.07) is 3.84. The summed E-state index contributed by atoms with van der Waals surface area (Å²) in [5, 5.41) is 7.02. The maximum atomic E-state index is 11.7. The highest BCUT2D eigenvalue weighted by molar-refractivity contribution is 9.10. The Morgan fingerprint density at radius 1 is 1.56 bits per heavy atom. The van der Waals surface area contributed by atoms with Gasteiger partial charge in [-0.3, -0.25) is 9.48 Å². The van der Waals surface area contributed by atoms with Crippen molar-refractivity contribution in [3.8, 4) is 0 Å². The molecule has 0 aromatic carbocycles. The average Bonchev–Trinajstić information content (AvgIpc) is 2.87. The summed E-state index contributed by atoms with van der Waals surface area (Å²) in [6.45, 7) is 0.516. The molecule has 0 radical (unpaired) electrons. The molecule has 3 rings (SSSR count). The van der Waals surface area contributed by atoms with E-state index in [0.717, 1.165) is 17.3 Å². The highest BCUT2D eigenvalue weighted by Gasteiger charge is 2.25. The lowest BCUT2D eigenvalue weighted by molar-refractivity contribution is 0.0921. The van der Waals surface area contributed by atoms with E-state index in [1.165, 1.54) is 0 Å². The van der Waals surface area contributed by atoms with Gasteiger partial charge in [0.2, 0.25) is 0 Å². The van der Waals surface area contributed by atoms with Crippen LogP contribution in [0.25, 0.3) is 0 Å². The predicted molar refractivity (Wildman–Crippen MR) is 68.2 cm³/mol. The van der Waals surface area contributed by atoms with E-state index in [4.69, 9.17) is 4.42 Å². The van der Waals surface area contributed by atoms with E-state index >= 15 is 0 Å². The number of carbonyl (C=O) groups excluding carboxylic acids is 1. The largest absolute Gasteiger partial charge is 0.454 e. The van der Waals surface area contributed by atoms with E-state index in [1.54, 1.807) is 23.0 Å². The van der Waals surface area contributed by atoms with Crippen molar-refractivity contribution in [2.45, 2.75) is 25.4 Å². The minimum Gasteiger partial charge on any atom is -0.454 e. The summed E-state index contributed by atoms with van der Waals surface area (Å²) < 4.78 is 8.16. The summed E-state index contributed by atoms with van der Waals surface area (Å²) in [5.41, 5.74) is 0. The fraction of sp³-hybridized carbons (Fsp3) is 0.333. The van der Waals surface area contributed by atoms with Gasteiger partial charge in [0.05, 0.1) is 17.2 Å². The summed E-state index contributed by atoms with van der Waals surface area (Å²) in [6.07, 6.45) is 5.71. The van der Waals surface area contributed by atoms with Crippen molar-refractivity contribution in [2.24, 2.45) is 0 Å². The van der Waals surface area contributed by atoms with Crippen LogP contribution in [0.2, 0.25) is 0 Å². The van der Waals surface area contributed by atoms with Gasteiger partial charge < -0.3 is 9.73 Å². The first-order valence-electron chi connectivity index (χ1n) is 5.78. The van der Waals surface area contributed by atoms with Crippen LogP contribution >= 0.6 is 15.9 Å². The molecule has 94 valence electrons. The lowest BCUT2D eigenvalue weighted by atomic mass is 10.4. The minimum absolute atomic E-state index is 0.134. The Kier molecular flexibility index (Phi) is 2.95. The number of nitrogens with zero attached hydrogens (tertiary/aromatic N) is 2. The number of nitrogens with one attached hydrogen (secondary N) is 1. The first-order valence-corrected chi connectivity index (χ1v) is 6.57. The standard InChI is InChI=1S/C12H12BrN3O2/c13-8-5-14-16(6-8)7-10-3-4-11(18-10)12(17)15-9-1-2-9/h3-6,9H,1-2,7H2,(H,15,17). The van der Waals surface area contributed by atoms with Crippen LogP contribution in [0.1, 0.15) is 29.2 Å². The Balaban J connectivity index is 1.66. The molecular weight excluding hydrogens is 298 g/mol. The summed E-state index contributed by atoms with van der Waals surface area (Å²) in [5.74, 6) is 0.945. The molecule has 18 heavy (non-hydrogen) atoms. The van der Waals surface area contributed by atoms with E-state index < -0.39 is 0 Å². The number of hydrogen-bond acceptors (Lipinski definition) is 3. The maximum Gasteiger partial charge on any atom is 0.287 e. The molecule has 1 fully saturated rings. The molecule has 0 atom stereocenters. The van der Waals surface area contributed by atoms with Gasteiger partial charge in [-0.05, 0) is 40.9 Å². The number of rotatable bonds is 4. The number of aromatic nitrogens is 2. The number of amides is 1. The molecule has 0 spiro atoms. The highest BCUT2D eigenvalue weighted by atomic mass is 79.9. The third-order valence-electron chi connectivity index (χ3n) is 2.72. The molecule has 2 aromatic heterocycles. The molecule has 1 aliphatic rings. The lowest BCUT2D eigenvalue weighted by Crippen LogP contribution is -2.24. The van der Waals surface area contributed by atoms with Gasteiger partial charge in [0.25, 0.3) is 5.91 Å². The van der Waals surface area contributed by atoms with Crippen molar-refractivity contribution in [1.29, 1.82) is 0 Å². The molecule has 2 aromatic rings. The lowest BCUT2D eigenvalue weighted by Gasteiger charge is -1.99. The minimum atomic E-state index is -0.134. The van der Waals surface area contributed by atoms with Crippen LogP contribution < -0.4 is 5.32 Å². The molecular formula is C12H12BrN3O2. The van der Waals surface area contributed by atoms with Crippen LogP contribution in [-0.4, -0.2) is 21.7 Å². The summed E-state index contributed by atoms with van der Waals surface area (Å²) in [7, 11) is 0. The van der Waals surface area contributed by atoms with Crippen LogP contribution in [0.5, 0.6) is 0 Å². The monoisotopic (exact) mass is 309 g/mol. The maximum absolute atomic E-state index is 11.7. The average molecular weight is 310 g/mol. The molecule has 1 saturated carbocycles. The molecule has 2 heterocycles. The molecule has 0 aliphatic heterocycles. The van der Waals surface area contributed by atoms with Gasteiger partial charge in [0, 0.05) is 12.2 Å². The van der Waals surface area contributed by atoms with Gasteiger partial charge in [-0.25, -0.2) is 0 Å². The molecule has 1 aliphatic carbocycles. The van der Waals surface area contributed by atoms with Crippen LogP contribution in [0.4, 0.5) is 0 Å². The van der Waals surface area contributed by atoms with Crippen molar-refractivity contribution in [3.05, 3.63) is 40.5 Å². The third kappa shape index (κ3) is 2.64. The van der Waals surface area contributed by atoms with Gasteiger partial charge in [0.1, 0.15) is 5.76 Å². The molecule has 1 amide bonds. The van der Waals surface area contributed by atoms with Crippen LogP contribution in [-0.2, 0) is 6.54 Å². The molecule has 0 unspecified atom stereocenters. The number of furan rings is 1. The normalized spacial score (nSPS) is 14.7. The topological polar surface area (TPSA) is 60.1 Å². The fourth-order valence-electron chi connectivity index (χ4n) is 1.65. The van der Waals surface area contributed by atoms with Gasteiger partial charge in [-0.2, -0.15) is 5.10 Å². The van der Waals surface area contributed by atoms with Crippen molar-refractivity contribution < 1.29 is 9.21 Å². The van der Waals surface area contributed by atoms with Crippen LogP contribution in [0.3, 0.4) is 0 Å².